The van der Waals surface area contributed by atoms with Crippen LogP contribution in [0.5, 0.6) is 0 Å². The second-order valence-corrected chi connectivity index (χ2v) is 7.55. The molecule has 0 saturated carbocycles. The largest absolute Gasteiger partial charge is 0.370 e. The van der Waals surface area contributed by atoms with Crippen molar-refractivity contribution in [3.8, 4) is 0 Å². The van der Waals surface area contributed by atoms with Gasteiger partial charge in [-0.25, -0.2) is 0 Å². The third kappa shape index (κ3) is 2.25. The fourth-order valence-electron chi connectivity index (χ4n) is 4.07. The number of piperidine rings is 1. The van der Waals surface area contributed by atoms with Crippen LogP contribution in [0.4, 0.5) is 0 Å². The molecule has 1 aromatic heterocycles. The number of ether oxygens (including phenoxy) is 1. The Morgan fingerprint density at radius 2 is 2.41 bits per heavy atom. The third-order valence-corrected chi connectivity index (χ3v) is 6.05. The Hall–Kier alpha value is -1.40. The first-order chi connectivity index (χ1) is 10.7. The summed E-state index contributed by atoms with van der Waals surface area (Å²) in [6, 6.07) is 3.96. The average molecular weight is 320 g/mol. The number of carbonyl (C=O) groups is 2. The van der Waals surface area contributed by atoms with Crippen molar-refractivity contribution in [1.82, 2.24) is 10.2 Å². The highest BCUT2D eigenvalue weighted by molar-refractivity contribution is 7.10. The molecule has 0 aromatic carbocycles. The van der Waals surface area contributed by atoms with Crippen molar-refractivity contribution < 1.29 is 14.3 Å². The van der Waals surface area contributed by atoms with Gasteiger partial charge in [-0.2, -0.15) is 0 Å². The molecule has 1 N–H and O–H groups in total. The Bertz CT molecular complexity index is 588. The van der Waals surface area contributed by atoms with Gasteiger partial charge in [-0.15, -0.1) is 11.3 Å². The SMILES string of the molecule is O=C(Cc1cccs1)N1C[C@H]2C[C@@]3(CCCNC3=O)[C@@H](C1)O2. The van der Waals surface area contributed by atoms with Gasteiger partial charge in [0.1, 0.15) is 0 Å². The molecule has 4 heterocycles. The van der Waals surface area contributed by atoms with Crippen molar-refractivity contribution in [1.29, 1.82) is 0 Å². The molecule has 3 fully saturated rings. The molecule has 3 atom stereocenters. The molecule has 0 aliphatic carbocycles. The van der Waals surface area contributed by atoms with E-state index in [4.69, 9.17) is 4.74 Å². The van der Waals surface area contributed by atoms with Crippen LogP contribution < -0.4 is 5.32 Å². The molecule has 3 aliphatic heterocycles. The molecule has 4 rings (SSSR count). The van der Waals surface area contributed by atoms with Gasteiger partial charge in [0.2, 0.25) is 11.8 Å². The van der Waals surface area contributed by atoms with Crippen LogP contribution in [0.1, 0.15) is 24.1 Å². The van der Waals surface area contributed by atoms with Crippen molar-refractivity contribution >= 4 is 23.2 Å². The first-order valence-electron chi connectivity index (χ1n) is 7.91. The first-order valence-corrected chi connectivity index (χ1v) is 8.79. The fraction of sp³-hybridized carbons (Fsp3) is 0.625. The Kier molecular flexibility index (Phi) is 3.46. The molecule has 3 saturated heterocycles. The normalized spacial score (nSPS) is 34.0. The Balaban J connectivity index is 1.49. The number of amides is 2. The van der Waals surface area contributed by atoms with Crippen molar-refractivity contribution in [2.45, 2.75) is 37.9 Å². The summed E-state index contributed by atoms with van der Waals surface area (Å²) in [6.45, 7) is 1.93. The summed E-state index contributed by atoms with van der Waals surface area (Å²) in [7, 11) is 0. The van der Waals surface area contributed by atoms with Crippen LogP contribution in [0, 0.1) is 5.41 Å². The number of nitrogens with one attached hydrogen (secondary N) is 1. The van der Waals surface area contributed by atoms with Gasteiger partial charge in [-0.05, 0) is 30.7 Å². The maximum absolute atomic E-state index is 12.5. The first kappa shape index (κ1) is 14.2. The van der Waals surface area contributed by atoms with Crippen LogP contribution in [0.3, 0.4) is 0 Å². The van der Waals surface area contributed by atoms with Crippen LogP contribution >= 0.6 is 11.3 Å². The van der Waals surface area contributed by atoms with Crippen LogP contribution in [-0.2, 0) is 20.7 Å². The number of nitrogens with zero attached hydrogens (tertiary/aromatic N) is 1. The minimum absolute atomic E-state index is 0.00915. The zero-order valence-corrected chi connectivity index (χ0v) is 13.2. The molecular formula is C16H20N2O3S. The van der Waals surface area contributed by atoms with Crippen LogP contribution in [-0.4, -0.2) is 48.6 Å². The molecule has 0 unspecified atom stereocenters. The van der Waals surface area contributed by atoms with Gasteiger partial charge in [-0.1, -0.05) is 6.07 Å². The van der Waals surface area contributed by atoms with Crippen LogP contribution in [0.15, 0.2) is 17.5 Å². The number of hydrogen-bond acceptors (Lipinski definition) is 4. The maximum Gasteiger partial charge on any atom is 0.229 e. The van der Waals surface area contributed by atoms with E-state index in [1.165, 1.54) is 0 Å². The molecule has 1 spiro atoms. The number of rotatable bonds is 2. The lowest BCUT2D eigenvalue weighted by Crippen LogP contribution is -2.54. The number of fused-ring (bicyclic) bond motifs is 3. The summed E-state index contributed by atoms with van der Waals surface area (Å²) in [5.74, 6) is 0.271. The quantitative estimate of drug-likeness (QED) is 0.890. The van der Waals surface area contributed by atoms with E-state index in [0.717, 1.165) is 30.7 Å². The molecule has 3 aliphatic rings. The molecule has 0 radical (unpaired) electrons. The molecule has 22 heavy (non-hydrogen) atoms. The van der Waals surface area contributed by atoms with E-state index in [-0.39, 0.29) is 24.0 Å². The summed E-state index contributed by atoms with van der Waals surface area (Å²) < 4.78 is 6.02. The fourth-order valence-corrected chi connectivity index (χ4v) is 4.77. The van der Waals surface area contributed by atoms with Crippen molar-refractivity contribution in [3.05, 3.63) is 22.4 Å². The minimum Gasteiger partial charge on any atom is -0.370 e. The Morgan fingerprint density at radius 1 is 1.50 bits per heavy atom. The molecule has 6 heteroatoms. The summed E-state index contributed by atoms with van der Waals surface area (Å²) in [5, 5.41) is 4.98. The lowest BCUT2D eigenvalue weighted by Gasteiger charge is -2.38. The zero-order valence-electron chi connectivity index (χ0n) is 12.4. The average Bonchev–Trinajstić information content (AvgIpc) is 3.10. The summed E-state index contributed by atoms with van der Waals surface area (Å²) in [4.78, 5) is 27.9. The number of morpholine rings is 1. The van der Waals surface area contributed by atoms with Gasteiger partial charge in [0, 0.05) is 24.5 Å². The van der Waals surface area contributed by atoms with E-state index in [2.05, 4.69) is 5.32 Å². The highest BCUT2D eigenvalue weighted by Crippen LogP contribution is 2.46. The van der Waals surface area contributed by atoms with E-state index >= 15 is 0 Å². The van der Waals surface area contributed by atoms with Gasteiger partial charge in [-0.3, -0.25) is 9.59 Å². The highest BCUT2D eigenvalue weighted by Gasteiger charge is 2.57. The van der Waals surface area contributed by atoms with Gasteiger partial charge < -0.3 is 15.0 Å². The number of hydrogen-bond donors (Lipinski definition) is 1. The van der Waals surface area contributed by atoms with E-state index in [1.54, 1.807) is 11.3 Å². The second kappa shape index (κ2) is 5.35. The Morgan fingerprint density at radius 3 is 3.18 bits per heavy atom. The van der Waals surface area contributed by atoms with Crippen LogP contribution in [0.25, 0.3) is 0 Å². The molecular weight excluding hydrogens is 300 g/mol. The van der Waals surface area contributed by atoms with Gasteiger partial charge in [0.25, 0.3) is 0 Å². The predicted molar refractivity (Wildman–Crippen MR) is 82.6 cm³/mol. The summed E-state index contributed by atoms with van der Waals surface area (Å²) in [6.07, 6.45) is 2.96. The Labute approximate surface area is 133 Å². The minimum atomic E-state index is -0.402. The zero-order chi connectivity index (χ0) is 15.2. The van der Waals surface area contributed by atoms with Gasteiger partial charge in [0.15, 0.2) is 0 Å². The molecule has 118 valence electrons. The predicted octanol–water partition coefficient (Wildman–Crippen LogP) is 1.19. The lowest BCUT2D eigenvalue weighted by atomic mass is 9.73. The summed E-state index contributed by atoms with van der Waals surface area (Å²) >= 11 is 1.61. The van der Waals surface area contributed by atoms with E-state index < -0.39 is 5.41 Å². The molecule has 1 aromatic rings. The van der Waals surface area contributed by atoms with E-state index in [0.29, 0.717) is 19.5 Å². The topological polar surface area (TPSA) is 58.6 Å². The number of thiophene rings is 1. The smallest absolute Gasteiger partial charge is 0.229 e. The lowest BCUT2D eigenvalue weighted by molar-refractivity contribution is -0.148. The second-order valence-electron chi connectivity index (χ2n) is 6.52. The third-order valence-electron chi connectivity index (χ3n) is 5.17. The maximum atomic E-state index is 12.5. The molecule has 2 amide bonds. The van der Waals surface area contributed by atoms with E-state index in [1.807, 2.05) is 22.4 Å². The monoisotopic (exact) mass is 320 g/mol. The van der Waals surface area contributed by atoms with Crippen molar-refractivity contribution in [3.63, 3.8) is 0 Å². The molecule has 2 bridgehead atoms. The molecule has 5 nitrogen and oxygen atoms in total. The standard InChI is InChI=1S/C16H20N2O3S/c19-14(7-12-3-1-6-22-12)18-9-11-8-16(13(10-18)21-11)4-2-5-17-15(16)20/h1,3,6,11,13H,2,4-5,7-10H2,(H,17,20)/t11-,13-,16+/m1/s1. The van der Waals surface area contributed by atoms with Crippen molar-refractivity contribution in [2.24, 2.45) is 5.41 Å². The number of carbonyl (C=O) groups excluding carboxylic acids is 2. The number of likely N-dealkylation sites (tertiary alicyclic amines) is 1. The van der Waals surface area contributed by atoms with Crippen molar-refractivity contribution in [2.75, 3.05) is 19.6 Å². The highest BCUT2D eigenvalue weighted by atomic mass is 32.1. The van der Waals surface area contributed by atoms with Gasteiger partial charge in [0.05, 0.1) is 24.0 Å². The summed E-state index contributed by atoms with van der Waals surface area (Å²) in [5.41, 5.74) is -0.402. The van der Waals surface area contributed by atoms with E-state index in [9.17, 15) is 9.59 Å². The van der Waals surface area contributed by atoms with Crippen LogP contribution in [0.2, 0.25) is 0 Å². The van der Waals surface area contributed by atoms with Gasteiger partial charge >= 0.3 is 0 Å².